The minimum absolute atomic E-state index is 0.195. The van der Waals surface area contributed by atoms with Gasteiger partial charge in [-0.2, -0.15) is 10.2 Å². The highest BCUT2D eigenvalue weighted by molar-refractivity contribution is 6.09. The maximum atomic E-state index is 4.16. The second-order valence-electron chi connectivity index (χ2n) is 3.99. The Kier molecular flexibility index (Phi) is 2.12. The van der Waals surface area contributed by atoms with Gasteiger partial charge in [0, 0.05) is 17.5 Å². The molecule has 0 spiro atoms. The third kappa shape index (κ3) is 1.88. The van der Waals surface area contributed by atoms with Crippen molar-refractivity contribution in [1.82, 2.24) is 0 Å². The van der Waals surface area contributed by atoms with Gasteiger partial charge in [0.1, 0.15) is 0 Å². The van der Waals surface area contributed by atoms with Gasteiger partial charge >= 0.3 is 0 Å². The molecule has 0 unspecified atom stereocenters. The summed E-state index contributed by atoms with van der Waals surface area (Å²) in [5.74, 6) is 0. The minimum atomic E-state index is 0.195. The lowest BCUT2D eigenvalue weighted by Gasteiger charge is -2.17. The van der Waals surface area contributed by atoms with E-state index in [-0.39, 0.29) is 5.41 Å². The fourth-order valence-corrected chi connectivity index (χ4v) is 1.01. The standard InChI is InChI=1S/C9H16N2/c1-5-7-6-8(11-10-7)9(2,3)4/h5-6H2,1-4H3. The Hall–Kier alpha value is -0.660. The van der Waals surface area contributed by atoms with Crippen molar-refractivity contribution < 1.29 is 0 Å². The first-order valence-electron chi connectivity index (χ1n) is 4.16. The fraction of sp³-hybridized carbons (Fsp3) is 0.778. The lowest BCUT2D eigenvalue weighted by atomic mass is 9.87. The van der Waals surface area contributed by atoms with Crippen LogP contribution in [0.5, 0.6) is 0 Å². The molecule has 11 heavy (non-hydrogen) atoms. The quantitative estimate of drug-likeness (QED) is 0.552. The van der Waals surface area contributed by atoms with Crippen LogP contribution in [-0.4, -0.2) is 11.4 Å². The van der Waals surface area contributed by atoms with E-state index < -0.39 is 0 Å². The zero-order chi connectivity index (χ0) is 8.48. The van der Waals surface area contributed by atoms with Gasteiger partial charge in [0.15, 0.2) is 0 Å². The van der Waals surface area contributed by atoms with Crippen molar-refractivity contribution in [2.24, 2.45) is 15.6 Å². The topological polar surface area (TPSA) is 24.7 Å². The summed E-state index contributed by atoms with van der Waals surface area (Å²) in [5.41, 5.74) is 2.63. The molecule has 0 saturated carbocycles. The Bertz CT molecular complexity index is 206. The highest BCUT2D eigenvalue weighted by Crippen LogP contribution is 2.22. The van der Waals surface area contributed by atoms with E-state index in [2.05, 4.69) is 37.9 Å². The molecule has 1 aliphatic heterocycles. The van der Waals surface area contributed by atoms with Crippen molar-refractivity contribution in [3.63, 3.8) is 0 Å². The molecule has 0 bridgehead atoms. The lowest BCUT2D eigenvalue weighted by molar-refractivity contribution is 0.584. The highest BCUT2D eigenvalue weighted by atomic mass is 15.2. The minimum Gasteiger partial charge on any atom is -0.160 e. The number of hydrogen-bond donors (Lipinski definition) is 0. The van der Waals surface area contributed by atoms with Crippen LogP contribution in [0.25, 0.3) is 0 Å². The fourth-order valence-electron chi connectivity index (χ4n) is 1.01. The van der Waals surface area contributed by atoms with Crippen molar-refractivity contribution in [2.45, 2.75) is 40.5 Å². The van der Waals surface area contributed by atoms with Gasteiger partial charge < -0.3 is 0 Å². The second kappa shape index (κ2) is 2.76. The Labute approximate surface area is 68.4 Å². The van der Waals surface area contributed by atoms with Gasteiger partial charge in [-0.1, -0.05) is 27.7 Å². The molecule has 62 valence electrons. The maximum Gasteiger partial charge on any atom is 0.0515 e. The Morgan fingerprint density at radius 3 is 2.18 bits per heavy atom. The average Bonchev–Trinajstić information content (AvgIpc) is 2.32. The summed E-state index contributed by atoms with van der Waals surface area (Å²) in [7, 11) is 0. The van der Waals surface area contributed by atoms with Crippen LogP contribution in [0.15, 0.2) is 10.2 Å². The van der Waals surface area contributed by atoms with E-state index in [1.807, 2.05) is 0 Å². The Balaban J connectivity index is 2.60. The molecule has 0 atom stereocenters. The molecule has 1 rings (SSSR count). The van der Waals surface area contributed by atoms with Crippen molar-refractivity contribution in [3.05, 3.63) is 0 Å². The van der Waals surface area contributed by atoms with Crippen LogP contribution in [0.3, 0.4) is 0 Å². The molecule has 0 aromatic carbocycles. The van der Waals surface area contributed by atoms with Gasteiger partial charge in [0.2, 0.25) is 0 Å². The summed E-state index contributed by atoms with van der Waals surface area (Å²) in [6.45, 7) is 8.67. The van der Waals surface area contributed by atoms with Crippen LogP contribution in [0.1, 0.15) is 40.5 Å². The molecule has 0 aromatic rings. The largest absolute Gasteiger partial charge is 0.160 e. The van der Waals surface area contributed by atoms with Gasteiger partial charge in [0.05, 0.1) is 5.71 Å². The van der Waals surface area contributed by atoms with E-state index in [1.54, 1.807) is 0 Å². The third-order valence-electron chi connectivity index (χ3n) is 1.96. The SMILES string of the molecule is CCC1=NN=C(C(C)(C)C)C1. The summed E-state index contributed by atoms with van der Waals surface area (Å²) in [6, 6.07) is 0. The summed E-state index contributed by atoms with van der Waals surface area (Å²) in [5, 5.41) is 8.27. The van der Waals surface area contributed by atoms with Crippen LogP contribution in [0.4, 0.5) is 0 Å². The lowest BCUT2D eigenvalue weighted by Crippen LogP contribution is -2.20. The molecular formula is C9H16N2. The molecule has 1 heterocycles. The number of rotatable bonds is 1. The van der Waals surface area contributed by atoms with Gasteiger partial charge in [-0.15, -0.1) is 0 Å². The normalized spacial score (nSPS) is 18.2. The van der Waals surface area contributed by atoms with Crippen molar-refractivity contribution in [3.8, 4) is 0 Å². The third-order valence-corrected chi connectivity index (χ3v) is 1.96. The van der Waals surface area contributed by atoms with Gasteiger partial charge in [-0.25, -0.2) is 0 Å². The second-order valence-corrected chi connectivity index (χ2v) is 3.99. The molecule has 0 aromatic heterocycles. The van der Waals surface area contributed by atoms with Crippen LogP contribution in [0, 0.1) is 5.41 Å². The summed E-state index contributed by atoms with van der Waals surface area (Å²) in [6.07, 6.45) is 2.02. The molecule has 0 amide bonds. The molecule has 0 saturated heterocycles. The summed E-state index contributed by atoms with van der Waals surface area (Å²) < 4.78 is 0. The van der Waals surface area contributed by atoms with Crippen molar-refractivity contribution >= 4 is 11.4 Å². The van der Waals surface area contributed by atoms with Gasteiger partial charge in [-0.05, 0) is 6.42 Å². The summed E-state index contributed by atoms with van der Waals surface area (Å²) in [4.78, 5) is 0. The molecule has 0 fully saturated rings. The van der Waals surface area contributed by atoms with E-state index in [1.165, 1.54) is 11.4 Å². The van der Waals surface area contributed by atoms with E-state index in [9.17, 15) is 0 Å². The van der Waals surface area contributed by atoms with E-state index in [0.29, 0.717) is 0 Å². The van der Waals surface area contributed by atoms with Crippen LogP contribution >= 0.6 is 0 Å². The van der Waals surface area contributed by atoms with Gasteiger partial charge in [-0.3, -0.25) is 0 Å². The molecular weight excluding hydrogens is 136 g/mol. The zero-order valence-electron chi connectivity index (χ0n) is 7.81. The smallest absolute Gasteiger partial charge is 0.0515 e. The molecule has 2 heteroatoms. The molecule has 1 aliphatic rings. The molecule has 0 N–H and O–H groups in total. The van der Waals surface area contributed by atoms with Gasteiger partial charge in [0.25, 0.3) is 0 Å². The maximum absolute atomic E-state index is 4.16. The number of nitrogens with zero attached hydrogens (tertiary/aromatic N) is 2. The molecule has 2 nitrogen and oxygen atoms in total. The van der Waals surface area contributed by atoms with Crippen LogP contribution in [-0.2, 0) is 0 Å². The van der Waals surface area contributed by atoms with Crippen molar-refractivity contribution in [1.29, 1.82) is 0 Å². The first kappa shape index (κ1) is 8.44. The van der Waals surface area contributed by atoms with E-state index in [4.69, 9.17) is 0 Å². The number of hydrogen-bond acceptors (Lipinski definition) is 2. The average molecular weight is 152 g/mol. The monoisotopic (exact) mass is 152 g/mol. The predicted octanol–water partition coefficient (Wildman–Crippen LogP) is 2.64. The van der Waals surface area contributed by atoms with Crippen molar-refractivity contribution in [2.75, 3.05) is 0 Å². The predicted molar refractivity (Wildman–Crippen MR) is 49.2 cm³/mol. The van der Waals surface area contributed by atoms with E-state index in [0.717, 1.165) is 12.8 Å². The summed E-state index contributed by atoms with van der Waals surface area (Å²) >= 11 is 0. The van der Waals surface area contributed by atoms with Crippen LogP contribution in [0.2, 0.25) is 0 Å². The van der Waals surface area contributed by atoms with E-state index >= 15 is 0 Å². The Morgan fingerprint density at radius 2 is 1.91 bits per heavy atom. The molecule has 0 radical (unpaired) electrons. The first-order valence-corrected chi connectivity index (χ1v) is 4.16. The first-order chi connectivity index (χ1) is 5.04. The highest BCUT2D eigenvalue weighted by Gasteiger charge is 2.23. The zero-order valence-corrected chi connectivity index (χ0v) is 7.81. The molecule has 0 aliphatic carbocycles. The Morgan fingerprint density at radius 1 is 1.27 bits per heavy atom. The van der Waals surface area contributed by atoms with Crippen LogP contribution < -0.4 is 0 Å².